The van der Waals surface area contributed by atoms with Gasteiger partial charge in [-0.3, -0.25) is 0 Å². The lowest BCUT2D eigenvalue weighted by Crippen LogP contribution is -2.10. The zero-order valence-electron chi connectivity index (χ0n) is 9.02. The second-order valence-electron chi connectivity index (χ2n) is 3.46. The lowest BCUT2D eigenvalue weighted by atomic mass is 10.3. The number of benzene rings is 1. The number of halogens is 1. The maximum atomic E-state index is 6.07. The van der Waals surface area contributed by atoms with E-state index in [2.05, 4.69) is 15.6 Å². The van der Waals surface area contributed by atoms with Crippen molar-refractivity contribution < 1.29 is 0 Å². The van der Waals surface area contributed by atoms with Crippen LogP contribution in [0.3, 0.4) is 0 Å². The van der Waals surface area contributed by atoms with Crippen LogP contribution in [0.5, 0.6) is 0 Å². The van der Waals surface area contributed by atoms with Crippen LogP contribution in [-0.2, 0) is 6.42 Å². The first-order chi connectivity index (χ1) is 7.81. The molecule has 1 aromatic carbocycles. The molecule has 5 heteroatoms. The Hall–Kier alpha value is -1.39. The van der Waals surface area contributed by atoms with Crippen molar-refractivity contribution in [3.8, 4) is 5.69 Å². The molecule has 0 atom stereocenters. The normalized spacial score (nSPS) is 10.6. The van der Waals surface area contributed by atoms with E-state index in [-0.39, 0.29) is 0 Å². The number of nitrogens with zero attached hydrogens (tertiary/aromatic N) is 3. The quantitative estimate of drug-likeness (QED) is 0.879. The molecule has 0 saturated heterocycles. The molecule has 1 N–H and O–H groups in total. The van der Waals surface area contributed by atoms with Gasteiger partial charge < -0.3 is 5.32 Å². The standard InChI is InChI=1S/C11H13ClN4/c1-13-7-6-9-8-16(15-14-9)11-5-3-2-4-10(11)12/h2-5,8,13H,6-7H2,1H3. The lowest BCUT2D eigenvalue weighted by Gasteiger charge is -2.01. The van der Waals surface area contributed by atoms with E-state index in [1.165, 1.54) is 0 Å². The number of likely N-dealkylation sites (N-methyl/N-ethyl adjacent to an activating group) is 1. The summed E-state index contributed by atoms with van der Waals surface area (Å²) in [7, 11) is 1.92. The highest BCUT2D eigenvalue weighted by Crippen LogP contribution is 2.18. The van der Waals surface area contributed by atoms with Crippen LogP contribution in [0, 0.1) is 0 Å². The topological polar surface area (TPSA) is 42.7 Å². The molecule has 0 aliphatic heterocycles. The maximum absolute atomic E-state index is 6.07. The van der Waals surface area contributed by atoms with E-state index in [9.17, 15) is 0 Å². The minimum atomic E-state index is 0.674. The molecule has 0 radical (unpaired) electrons. The van der Waals surface area contributed by atoms with Gasteiger partial charge in [-0.2, -0.15) is 0 Å². The Balaban J connectivity index is 2.22. The number of hydrogen-bond donors (Lipinski definition) is 1. The summed E-state index contributed by atoms with van der Waals surface area (Å²) in [5, 5.41) is 11.9. The van der Waals surface area contributed by atoms with Gasteiger partial charge >= 0.3 is 0 Å². The summed E-state index contributed by atoms with van der Waals surface area (Å²) < 4.78 is 1.70. The van der Waals surface area contributed by atoms with Crippen molar-refractivity contribution in [2.45, 2.75) is 6.42 Å². The molecule has 1 aromatic heterocycles. The molecular weight excluding hydrogens is 224 g/mol. The van der Waals surface area contributed by atoms with E-state index in [4.69, 9.17) is 11.6 Å². The van der Waals surface area contributed by atoms with Gasteiger partial charge in [0.2, 0.25) is 0 Å². The SMILES string of the molecule is CNCCc1cn(-c2ccccc2Cl)nn1. The average Bonchev–Trinajstić information content (AvgIpc) is 2.75. The molecule has 0 bridgehead atoms. The first kappa shape index (κ1) is 11.1. The van der Waals surface area contributed by atoms with Crippen LogP contribution in [0.25, 0.3) is 5.69 Å². The zero-order valence-corrected chi connectivity index (χ0v) is 9.78. The average molecular weight is 237 g/mol. The molecule has 0 saturated carbocycles. The number of rotatable bonds is 4. The third kappa shape index (κ3) is 2.40. The van der Waals surface area contributed by atoms with Gasteiger partial charge in [-0.15, -0.1) is 5.10 Å². The van der Waals surface area contributed by atoms with Gasteiger partial charge in [-0.05, 0) is 19.2 Å². The summed E-state index contributed by atoms with van der Waals surface area (Å²) in [5.41, 5.74) is 1.81. The highest BCUT2D eigenvalue weighted by Gasteiger charge is 2.05. The van der Waals surface area contributed by atoms with Crippen LogP contribution in [0.4, 0.5) is 0 Å². The van der Waals surface area contributed by atoms with Crippen LogP contribution in [0.1, 0.15) is 5.69 Å². The number of para-hydroxylation sites is 1. The Kier molecular flexibility index (Phi) is 3.54. The first-order valence-electron chi connectivity index (χ1n) is 5.12. The van der Waals surface area contributed by atoms with E-state index in [1.54, 1.807) is 4.68 Å². The van der Waals surface area contributed by atoms with Crippen LogP contribution in [0.2, 0.25) is 5.02 Å². The van der Waals surface area contributed by atoms with Gasteiger partial charge in [0.25, 0.3) is 0 Å². The van der Waals surface area contributed by atoms with E-state index in [1.807, 2.05) is 37.5 Å². The van der Waals surface area contributed by atoms with Crippen molar-refractivity contribution in [1.29, 1.82) is 0 Å². The highest BCUT2D eigenvalue weighted by atomic mass is 35.5. The third-order valence-electron chi connectivity index (χ3n) is 2.27. The predicted molar refractivity (Wildman–Crippen MR) is 64.0 cm³/mol. The Morgan fingerprint density at radius 1 is 1.38 bits per heavy atom. The maximum Gasteiger partial charge on any atom is 0.0849 e. The predicted octanol–water partition coefficient (Wildman–Crippen LogP) is 1.68. The Labute approximate surface area is 99.2 Å². The molecule has 4 nitrogen and oxygen atoms in total. The third-order valence-corrected chi connectivity index (χ3v) is 2.59. The smallest absolute Gasteiger partial charge is 0.0849 e. The van der Waals surface area contributed by atoms with Crippen molar-refractivity contribution in [2.24, 2.45) is 0 Å². The summed E-state index contributed by atoms with van der Waals surface area (Å²) >= 11 is 6.07. The summed E-state index contributed by atoms with van der Waals surface area (Å²) in [6, 6.07) is 7.57. The second kappa shape index (κ2) is 5.09. The molecular formula is C11H13ClN4. The fraction of sp³-hybridized carbons (Fsp3) is 0.273. The van der Waals surface area contributed by atoms with Gasteiger partial charge in [0.15, 0.2) is 0 Å². The fourth-order valence-corrected chi connectivity index (χ4v) is 1.64. The minimum Gasteiger partial charge on any atom is -0.319 e. The van der Waals surface area contributed by atoms with Crippen molar-refractivity contribution in [1.82, 2.24) is 20.3 Å². The summed E-state index contributed by atoms with van der Waals surface area (Å²) in [6.07, 6.45) is 2.76. The van der Waals surface area contributed by atoms with Gasteiger partial charge in [0.05, 0.1) is 22.6 Å². The molecule has 84 valence electrons. The molecule has 16 heavy (non-hydrogen) atoms. The highest BCUT2D eigenvalue weighted by molar-refractivity contribution is 6.32. The van der Waals surface area contributed by atoms with Crippen molar-refractivity contribution in [2.75, 3.05) is 13.6 Å². The van der Waals surface area contributed by atoms with Gasteiger partial charge in [-0.1, -0.05) is 28.9 Å². The van der Waals surface area contributed by atoms with Gasteiger partial charge in [0.1, 0.15) is 0 Å². The monoisotopic (exact) mass is 236 g/mol. The molecule has 0 aliphatic carbocycles. The second-order valence-corrected chi connectivity index (χ2v) is 3.87. The summed E-state index contributed by atoms with van der Waals surface area (Å²) in [4.78, 5) is 0. The molecule has 0 fully saturated rings. The fourth-order valence-electron chi connectivity index (χ4n) is 1.42. The van der Waals surface area contributed by atoms with Crippen molar-refractivity contribution in [3.63, 3.8) is 0 Å². The van der Waals surface area contributed by atoms with E-state index >= 15 is 0 Å². The molecule has 0 aliphatic rings. The molecule has 0 unspecified atom stereocenters. The summed E-state index contributed by atoms with van der Waals surface area (Å²) in [5.74, 6) is 0. The largest absolute Gasteiger partial charge is 0.319 e. The van der Waals surface area contributed by atoms with E-state index in [0.29, 0.717) is 5.02 Å². The van der Waals surface area contributed by atoms with E-state index < -0.39 is 0 Å². The van der Waals surface area contributed by atoms with Crippen LogP contribution in [-0.4, -0.2) is 28.6 Å². The molecule has 0 amide bonds. The van der Waals surface area contributed by atoms with E-state index in [0.717, 1.165) is 24.3 Å². The lowest BCUT2D eigenvalue weighted by molar-refractivity contribution is 0.763. The number of aromatic nitrogens is 3. The van der Waals surface area contributed by atoms with Crippen molar-refractivity contribution >= 4 is 11.6 Å². The van der Waals surface area contributed by atoms with Crippen LogP contribution >= 0.6 is 11.6 Å². The zero-order chi connectivity index (χ0) is 11.4. The Morgan fingerprint density at radius 3 is 2.94 bits per heavy atom. The van der Waals surface area contributed by atoms with Gasteiger partial charge in [0, 0.05) is 13.0 Å². The molecule has 2 aromatic rings. The number of nitrogens with one attached hydrogen (secondary N) is 1. The van der Waals surface area contributed by atoms with Gasteiger partial charge in [-0.25, -0.2) is 4.68 Å². The van der Waals surface area contributed by atoms with Crippen LogP contribution in [0.15, 0.2) is 30.5 Å². The Morgan fingerprint density at radius 2 is 2.19 bits per heavy atom. The van der Waals surface area contributed by atoms with Crippen LogP contribution < -0.4 is 5.32 Å². The summed E-state index contributed by atoms with van der Waals surface area (Å²) in [6.45, 7) is 0.890. The number of hydrogen-bond acceptors (Lipinski definition) is 3. The molecule has 0 spiro atoms. The molecule has 1 heterocycles. The molecule has 2 rings (SSSR count). The Bertz CT molecular complexity index is 467. The van der Waals surface area contributed by atoms with Crippen molar-refractivity contribution in [3.05, 3.63) is 41.2 Å². The first-order valence-corrected chi connectivity index (χ1v) is 5.50. The minimum absolute atomic E-state index is 0.674.